The first-order chi connectivity index (χ1) is 7.16. The summed E-state index contributed by atoms with van der Waals surface area (Å²) < 4.78 is 5.20. The third-order valence-corrected chi connectivity index (χ3v) is 3.07. The number of carbonyl (C=O) groups excluding carboxylic acids is 1. The lowest BCUT2D eigenvalue weighted by atomic mass is 10.3. The Labute approximate surface area is 93.8 Å². The Hall–Kier alpha value is -0.960. The van der Waals surface area contributed by atoms with Crippen LogP contribution in [0.1, 0.15) is 29.2 Å². The summed E-state index contributed by atoms with van der Waals surface area (Å²) in [6, 6.07) is 3.44. The lowest BCUT2D eigenvalue weighted by Gasteiger charge is -2.08. The maximum Gasteiger partial charge on any atom is 0.287 e. The average molecular weight is 228 g/mol. The van der Waals surface area contributed by atoms with E-state index in [-0.39, 0.29) is 11.3 Å². The summed E-state index contributed by atoms with van der Waals surface area (Å²) in [6.07, 6.45) is 2.37. The smallest absolute Gasteiger partial charge is 0.287 e. The Morgan fingerprint density at radius 3 is 2.93 bits per heavy atom. The molecule has 0 aliphatic heterocycles. The van der Waals surface area contributed by atoms with Gasteiger partial charge in [-0.15, -0.1) is 11.6 Å². The molecular formula is C11H14ClNO2. The molecule has 82 valence electrons. The standard InChI is InChI=1S/C11H14ClNO2/c1-7-2-5-10(15-7)11(14)13-6-9(12)8-3-4-8/h2,5,8-9H,3-4,6H2,1H3,(H,13,14). The average Bonchev–Trinajstić information content (AvgIpc) is 2.97. The van der Waals surface area contributed by atoms with Gasteiger partial charge in [-0.25, -0.2) is 0 Å². The van der Waals surface area contributed by atoms with Crippen molar-refractivity contribution in [1.82, 2.24) is 5.32 Å². The topological polar surface area (TPSA) is 42.2 Å². The van der Waals surface area contributed by atoms with E-state index in [9.17, 15) is 4.79 Å². The second-order valence-corrected chi connectivity index (χ2v) is 4.53. The van der Waals surface area contributed by atoms with E-state index in [1.165, 1.54) is 12.8 Å². The zero-order chi connectivity index (χ0) is 10.8. The van der Waals surface area contributed by atoms with Crippen molar-refractivity contribution < 1.29 is 9.21 Å². The first-order valence-electron chi connectivity index (χ1n) is 5.15. The quantitative estimate of drug-likeness (QED) is 0.803. The van der Waals surface area contributed by atoms with Gasteiger partial charge >= 0.3 is 0 Å². The van der Waals surface area contributed by atoms with Gasteiger partial charge in [-0.3, -0.25) is 4.79 Å². The second-order valence-electron chi connectivity index (χ2n) is 3.97. The fourth-order valence-electron chi connectivity index (χ4n) is 1.46. The van der Waals surface area contributed by atoms with Gasteiger partial charge in [-0.1, -0.05) is 0 Å². The minimum Gasteiger partial charge on any atom is -0.456 e. The van der Waals surface area contributed by atoms with Crippen molar-refractivity contribution in [3.05, 3.63) is 23.7 Å². The molecule has 0 aromatic carbocycles. The third-order valence-electron chi connectivity index (χ3n) is 2.56. The molecule has 1 fully saturated rings. The predicted molar refractivity (Wildman–Crippen MR) is 58.1 cm³/mol. The highest BCUT2D eigenvalue weighted by Crippen LogP contribution is 2.35. The maximum absolute atomic E-state index is 11.5. The van der Waals surface area contributed by atoms with E-state index in [1.54, 1.807) is 12.1 Å². The second kappa shape index (κ2) is 4.27. The summed E-state index contributed by atoms with van der Waals surface area (Å²) in [5.41, 5.74) is 0. The van der Waals surface area contributed by atoms with Gasteiger partial charge in [0, 0.05) is 6.54 Å². The number of rotatable bonds is 4. The van der Waals surface area contributed by atoms with Gasteiger partial charge < -0.3 is 9.73 Å². The van der Waals surface area contributed by atoms with Crippen molar-refractivity contribution in [1.29, 1.82) is 0 Å². The minimum absolute atomic E-state index is 0.0602. The molecule has 0 radical (unpaired) electrons. The maximum atomic E-state index is 11.5. The normalized spacial score (nSPS) is 17.5. The highest BCUT2D eigenvalue weighted by Gasteiger charge is 2.29. The van der Waals surface area contributed by atoms with Crippen molar-refractivity contribution in [3.63, 3.8) is 0 Å². The molecule has 1 heterocycles. The highest BCUT2D eigenvalue weighted by molar-refractivity contribution is 6.21. The molecule has 1 unspecified atom stereocenters. The summed E-state index contributed by atoms with van der Waals surface area (Å²) in [5.74, 6) is 1.50. The summed E-state index contributed by atoms with van der Waals surface area (Å²) in [4.78, 5) is 11.5. The van der Waals surface area contributed by atoms with Crippen molar-refractivity contribution in [2.75, 3.05) is 6.54 Å². The van der Waals surface area contributed by atoms with Gasteiger partial charge in [0.25, 0.3) is 5.91 Å². The van der Waals surface area contributed by atoms with Crippen LogP contribution in [0.25, 0.3) is 0 Å². The molecule has 1 aromatic heterocycles. The van der Waals surface area contributed by atoms with E-state index in [2.05, 4.69) is 5.32 Å². The van der Waals surface area contributed by atoms with E-state index in [4.69, 9.17) is 16.0 Å². The zero-order valence-corrected chi connectivity index (χ0v) is 9.38. The highest BCUT2D eigenvalue weighted by atomic mass is 35.5. The van der Waals surface area contributed by atoms with E-state index in [0.29, 0.717) is 18.2 Å². The molecular weight excluding hydrogens is 214 g/mol. The van der Waals surface area contributed by atoms with Gasteiger partial charge in [0.1, 0.15) is 5.76 Å². The number of nitrogens with one attached hydrogen (secondary N) is 1. The number of carbonyl (C=O) groups is 1. The number of hydrogen-bond acceptors (Lipinski definition) is 2. The summed E-state index contributed by atoms with van der Waals surface area (Å²) in [7, 11) is 0. The molecule has 4 heteroatoms. The van der Waals surface area contributed by atoms with Gasteiger partial charge in [-0.05, 0) is 37.8 Å². The molecule has 1 atom stereocenters. The van der Waals surface area contributed by atoms with Crippen LogP contribution in [-0.2, 0) is 0 Å². The molecule has 0 spiro atoms. The molecule has 2 rings (SSSR count). The van der Waals surface area contributed by atoms with Crippen molar-refractivity contribution in [3.8, 4) is 0 Å². The Kier molecular flexibility index (Phi) is 3.00. The Bertz CT molecular complexity index is 357. The Balaban J connectivity index is 1.81. The number of halogens is 1. The van der Waals surface area contributed by atoms with E-state index >= 15 is 0 Å². The number of amides is 1. The van der Waals surface area contributed by atoms with Crippen molar-refractivity contribution in [2.45, 2.75) is 25.1 Å². The fourth-order valence-corrected chi connectivity index (χ4v) is 1.79. The fraction of sp³-hybridized carbons (Fsp3) is 0.545. The predicted octanol–water partition coefficient (Wildman–Crippen LogP) is 2.34. The first-order valence-corrected chi connectivity index (χ1v) is 5.59. The monoisotopic (exact) mass is 227 g/mol. The lowest BCUT2D eigenvalue weighted by molar-refractivity contribution is 0.0924. The number of aryl methyl sites for hydroxylation is 1. The lowest BCUT2D eigenvalue weighted by Crippen LogP contribution is -2.30. The zero-order valence-electron chi connectivity index (χ0n) is 8.63. The van der Waals surface area contributed by atoms with Crippen LogP contribution in [0, 0.1) is 12.8 Å². The van der Waals surface area contributed by atoms with Crippen LogP contribution >= 0.6 is 11.6 Å². The number of hydrogen-bond donors (Lipinski definition) is 1. The molecule has 1 aromatic rings. The number of furan rings is 1. The molecule has 1 aliphatic carbocycles. The van der Waals surface area contributed by atoms with Crippen LogP contribution in [0.3, 0.4) is 0 Å². The molecule has 0 bridgehead atoms. The van der Waals surface area contributed by atoms with E-state index < -0.39 is 0 Å². The van der Waals surface area contributed by atoms with Gasteiger partial charge in [0.2, 0.25) is 0 Å². The van der Waals surface area contributed by atoms with Crippen LogP contribution in [-0.4, -0.2) is 17.8 Å². The molecule has 1 amide bonds. The van der Waals surface area contributed by atoms with Crippen LogP contribution in [0.15, 0.2) is 16.5 Å². The largest absolute Gasteiger partial charge is 0.456 e. The first kappa shape index (κ1) is 10.6. The molecule has 1 aliphatic rings. The van der Waals surface area contributed by atoms with Gasteiger partial charge in [0.05, 0.1) is 5.38 Å². The SMILES string of the molecule is Cc1ccc(C(=O)NCC(Cl)C2CC2)o1. The summed E-state index contributed by atoms with van der Waals surface area (Å²) >= 11 is 6.07. The summed E-state index contributed by atoms with van der Waals surface area (Å²) in [6.45, 7) is 2.33. The Morgan fingerprint density at radius 1 is 1.67 bits per heavy atom. The van der Waals surface area contributed by atoms with Crippen LogP contribution in [0.4, 0.5) is 0 Å². The molecule has 3 nitrogen and oxygen atoms in total. The van der Waals surface area contributed by atoms with Gasteiger partial charge in [0.15, 0.2) is 5.76 Å². The third kappa shape index (κ3) is 2.75. The van der Waals surface area contributed by atoms with Crippen molar-refractivity contribution >= 4 is 17.5 Å². The van der Waals surface area contributed by atoms with E-state index in [0.717, 1.165) is 5.76 Å². The Morgan fingerprint density at radius 2 is 2.40 bits per heavy atom. The molecule has 1 N–H and O–H groups in total. The van der Waals surface area contributed by atoms with Crippen LogP contribution < -0.4 is 5.32 Å². The molecule has 1 saturated carbocycles. The number of alkyl halides is 1. The van der Waals surface area contributed by atoms with Gasteiger partial charge in [-0.2, -0.15) is 0 Å². The molecule has 15 heavy (non-hydrogen) atoms. The molecule has 0 saturated heterocycles. The van der Waals surface area contributed by atoms with E-state index in [1.807, 2.05) is 6.92 Å². The van der Waals surface area contributed by atoms with Crippen molar-refractivity contribution in [2.24, 2.45) is 5.92 Å². The minimum atomic E-state index is -0.186. The van der Waals surface area contributed by atoms with Crippen LogP contribution in [0.2, 0.25) is 0 Å². The summed E-state index contributed by atoms with van der Waals surface area (Å²) in [5, 5.41) is 2.83. The van der Waals surface area contributed by atoms with Crippen LogP contribution in [0.5, 0.6) is 0 Å².